The molecule has 4 rings (SSSR count). The largest absolute Gasteiger partial charge is 0.435 e. The Bertz CT molecular complexity index is 1280. The molecule has 2 N–H and O–H groups in total. The Kier molecular flexibility index (Phi) is 6.21. The smallest absolute Gasteiger partial charge is 0.387 e. The zero-order chi connectivity index (χ0) is 23.5. The summed E-state index contributed by atoms with van der Waals surface area (Å²) in [5, 5.41) is 14.4. The topological polar surface area (TPSA) is 84.8 Å². The summed E-state index contributed by atoms with van der Waals surface area (Å²) in [5.41, 5.74) is 5.97. The number of carbonyl (C=O) groups excluding carboxylic acids is 1. The summed E-state index contributed by atoms with van der Waals surface area (Å²) in [6.45, 7) is 3.53. The number of halogens is 2. The van der Waals surface area contributed by atoms with E-state index in [-0.39, 0.29) is 17.4 Å². The Morgan fingerprint density at radius 2 is 1.85 bits per heavy atom. The van der Waals surface area contributed by atoms with E-state index >= 15 is 0 Å². The summed E-state index contributed by atoms with van der Waals surface area (Å²) in [6.07, 6.45) is 0. The lowest BCUT2D eigenvalue weighted by Crippen LogP contribution is -2.14. The predicted octanol–water partition coefficient (Wildman–Crippen LogP) is 5.10. The number of rotatable bonds is 7. The van der Waals surface area contributed by atoms with Gasteiger partial charge in [-0.1, -0.05) is 24.3 Å². The molecule has 9 heteroatoms. The van der Waals surface area contributed by atoms with E-state index in [2.05, 4.69) is 44.4 Å². The van der Waals surface area contributed by atoms with Crippen LogP contribution in [-0.2, 0) is 6.54 Å². The van der Waals surface area contributed by atoms with Crippen LogP contribution in [0.15, 0.2) is 54.6 Å². The molecule has 0 saturated carbocycles. The van der Waals surface area contributed by atoms with Gasteiger partial charge in [0, 0.05) is 5.56 Å². The van der Waals surface area contributed by atoms with E-state index in [1.807, 2.05) is 30.7 Å². The lowest BCUT2D eigenvalue weighted by Gasteiger charge is -2.08. The number of aromatic amines is 1. The van der Waals surface area contributed by atoms with Crippen molar-refractivity contribution in [3.8, 4) is 17.0 Å². The number of aryl methyl sites for hydroxylation is 2. The van der Waals surface area contributed by atoms with Crippen molar-refractivity contribution in [2.45, 2.75) is 33.9 Å². The van der Waals surface area contributed by atoms with Crippen molar-refractivity contribution in [1.82, 2.24) is 20.0 Å². The molecule has 4 aromatic rings. The van der Waals surface area contributed by atoms with Gasteiger partial charge in [-0.2, -0.15) is 19.0 Å². The van der Waals surface area contributed by atoms with Gasteiger partial charge in [-0.3, -0.25) is 14.6 Å². The molecule has 0 radical (unpaired) electrons. The van der Waals surface area contributed by atoms with Crippen molar-refractivity contribution in [1.29, 1.82) is 0 Å². The van der Waals surface area contributed by atoms with Crippen LogP contribution < -0.4 is 10.1 Å². The SMILES string of the molecule is Cc1ccccc1Cn1nc(C)c(NC(=O)c2cc(-c3ccc(OC(F)F)cc3)n[nH]2)c1C. The lowest BCUT2D eigenvalue weighted by atomic mass is 10.1. The van der Waals surface area contributed by atoms with Gasteiger partial charge < -0.3 is 10.1 Å². The van der Waals surface area contributed by atoms with Gasteiger partial charge in [0.25, 0.3) is 5.91 Å². The van der Waals surface area contributed by atoms with Crippen LogP contribution in [0.2, 0.25) is 0 Å². The standard InChI is InChI=1S/C24H23F2N5O2/c1-14-6-4-5-7-18(14)13-31-16(3)22(15(2)30-31)27-23(32)21-12-20(28-29-21)17-8-10-19(11-9-17)33-24(25)26/h4-12,24H,13H2,1-3H3,(H,27,32)(H,28,29). The third-order valence-electron chi connectivity index (χ3n) is 5.40. The molecule has 2 aromatic carbocycles. The molecule has 170 valence electrons. The van der Waals surface area contributed by atoms with E-state index < -0.39 is 6.61 Å². The highest BCUT2D eigenvalue weighted by Gasteiger charge is 2.18. The normalized spacial score (nSPS) is 11.1. The summed E-state index contributed by atoms with van der Waals surface area (Å²) >= 11 is 0. The molecular weight excluding hydrogens is 428 g/mol. The van der Waals surface area contributed by atoms with Gasteiger partial charge in [0.2, 0.25) is 0 Å². The maximum Gasteiger partial charge on any atom is 0.387 e. The molecule has 33 heavy (non-hydrogen) atoms. The highest BCUT2D eigenvalue weighted by atomic mass is 19.3. The number of alkyl halides is 2. The monoisotopic (exact) mass is 451 g/mol. The highest BCUT2D eigenvalue weighted by Crippen LogP contribution is 2.24. The Hall–Kier alpha value is -4.01. The minimum atomic E-state index is -2.88. The Balaban J connectivity index is 1.49. The van der Waals surface area contributed by atoms with Gasteiger partial charge in [-0.05, 0) is 62.2 Å². The molecular formula is C24H23F2N5O2. The highest BCUT2D eigenvalue weighted by molar-refractivity contribution is 6.04. The second-order valence-corrected chi connectivity index (χ2v) is 7.65. The van der Waals surface area contributed by atoms with Crippen LogP contribution in [-0.4, -0.2) is 32.5 Å². The van der Waals surface area contributed by atoms with E-state index in [0.717, 1.165) is 11.3 Å². The number of H-pyrrole nitrogens is 1. The van der Waals surface area contributed by atoms with Crippen molar-refractivity contribution in [3.63, 3.8) is 0 Å². The van der Waals surface area contributed by atoms with Gasteiger partial charge in [-0.25, -0.2) is 0 Å². The fraction of sp³-hybridized carbons (Fsp3) is 0.208. The first-order chi connectivity index (χ1) is 15.8. The third kappa shape index (κ3) is 4.92. The van der Waals surface area contributed by atoms with Gasteiger partial charge in [0.1, 0.15) is 11.4 Å². The van der Waals surface area contributed by atoms with Crippen LogP contribution in [0, 0.1) is 20.8 Å². The molecule has 0 aliphatic heterocycles. The molecule has 2 aromatic heterocycles. The second kappa shape index (κ2) is 9.23. The van der Waals surface area contributed by atoms with Crippen LogP contribution in [0.1, 0.15) is 33.0 Å². The summed E-state index contributed by atoms with van der Waals surface area (Å²) in [5.74, 6) is -0.302. The molecule has 0 aliphatic rings. The first kappa shape index (κ1) is 22.2. The van der Waals surface area contributed by atoms with Gasteiger partial charge in [0.05, 0.1) is 29.3 Å². The van der Waals surface area contributed by atoms with E-state index in [9.17, 15) is 13.6 Å². The van der Waals surface area contributed by atoms with Crippen LogP contribution >= 0.6 is 0 Å². The van der Waals surface area contributed by atoms with E-state index in [0.29, 0.717) is 29.2 Å². The minimum absolute atomic E-state index is 0.0518. The van der Waals surface area contributed by atoms with Crippen molar-refractivity contribution in [2.75, 3.05) is 5.32 Å². The lowest BCUT2D eigenvalue weighted by molar-refractivity contribution is -0.0498. The zero-order valence-electron chi connectivity index (χ0n) is 18.4. The number of ether oxygens (including phenoxy) is 1. The summed E-state index contributed by atoms with van der Waals surface area (Å²) in [4.78, 5) is 12.8. The number of nitrogens with zero attached hydrogens (tertiary/aromatic N) is 3. The maximum absolute atomic E-state index is 12.8. The summed E-state index contributed by atoms with van der Waals surface area (Å²) in [7, 11) is 0. The quantitative estimate of drug-likeness (QED) is 0.409. The number of amides is 1. The molecule has 0 atom stereocenters. The predicted molar refractivity (Wildman–Crippen MR) is 121 cm³/mol. The van der Waals surface area contributed by atoms with Crippen LogP contribution in [0.5, 0.6) is 5.75 Å². The molecule has 0 spiro atoms. The Morgan fingerprint density at radius 1 is 1.12 bits per heavy atom. The second-order valence-electron chi connectivity index (χ2n) is 7.65. The zero-order valence-corrected chi connectivity index (χ0v) is 18.4. The first-order valence-corrected chi connectivity index (χ1v) is 10.3. The number of benzene rings is 2. The maximum atomic E-state index is 12.8. The van der Waals surface area contributed by atoms with Crippen molar-refractivity contribution >= 4 is 11.6 Å². The molecule has 0 bridgehead atoms. The molecule has 1 amide bonds. The van der Waals surface area contributed by atoms with Crippen LogP contribution in [0.4, 0.5) is 14.5 Å². The fourth-order valence-corrected chi connectivity index (χ4v) is 3.55. The number of aromatic nitrogens is 4. The molecule has 0 saturated heterocycles. The number of carbonyl (C=O) groups is 1. The molecule has 0 fully saturated rings. The van der Waals surface area contributed by atoms with Crippen LogP contribution in [0.25, 0.3) is 11.3 Å². The number of nitrogens with one attached hydrogen (secondary N) is 2. The van der Waals surface area contributed by atoms with Gasteiger partial charge in [-0.15, -0.1) is 0 Å². The van der Waals surface area contributed by atoms with Crippen molar-refractivity contribution < 1.29 is 18.3 Å². The minimum Gasteiger partial charge on any atom is -0.435 e. The molecule has 2 heterocycles. The Morgan fingerprint density at radius 3 is 2.55 bits per heavy atom. The molecule has 0 unspecified atom stereocenters. The van der Waals surface area contributed by atoms with E-state index in [1.54, 1.807) is 18.2 Å². The number of hydrogen-bond acceptors (Lipinski definition) is 4. The van der Waals surface area contributed by atoms with E-state index in [4.69, 9.17) is 0 Å². The summed E-state index contributed by atoms with van der Waals surface area (Å²) in [6, 6.07) is 15.7. The van der Waals surface area contributed by atoms with Crippen LogP contribution in [0.3, 0.4) is 0 Å². The average Bonchev–Trinajstić information content (AvgIpc) is 3.37. The number of anilines is 1. The molecule has 0 aliphatic carbocycles. The first-order valence-electron chi connectivity index (χ1n) is 10.3. The Labute approximate surface area is 189 Å². The van der Waals surface area contributed by atoms with Crippen molar-refractivity contribution in [3.05, 3.63) is 82.8 Å². The van der Waals surface area contributed by atoms with Crippen molar-refractivity contribution in [2.24, 2.45) is 0 Å². The molecule has 7 nitrogen and oxygen atoms in total. The summed E-state index contributed by atoms with van der Waals surface area (Å²) < 4.78 is 30.8. The van der Waals surface area contributed by atoms with E-state index in [1.165, 1.54) is 17.7 Å². The van der Waals surface area contributed by atoms with Gasteiger partial charge in [0.15, 0.2) is 0 Å². The fourth-order valence-electron chi connectivity index (χ4n) is 3.55. The van der Waals surface area contributed by atoms with Gasteiger partial charge >= 0.3 is 6.61 Å². The third-order valence-corrected chi connectivity index (χ3v) is 5.40. The average molecular weight is 451 g/mol. The number of hydrogen-bond donors (Lipinski definition) is 2.